The van der Waals surface area contributed by atoms with Crippen LogP contribution in [0, 0.1) is 0 Å². The molecule has 7 rings (SSSR count). The van der Waals surface area contributed by atoms with E-state index in [1.165, 1.54) is 37.6 Å². The van der Waals surface area contributed by atoms with Gasteiger partial charge in [-0.05, 0) is 0 Å². The van der Waals surface area contributed by atoms with E-state index in [1.807, 2.05) is 0 Å². The van der Waals surface area contributed by atoms with Crippen molar-refractivity contribution in [2.75, 3.05) is 0 Å². The Kier molecular flexibility index (Phi) is 9.05. The molecule has 44 heavy (non-hydrogen) atoms. The van der Waals surface area contributed by atoms with Gasteiger partial charge in [0.2, 0.25) is 0 Å². The van der Waals surface area contributed by atoms with Gasteiger partial charge in [-0.2, -0.15) is 0 Å². The van der Waals surface area contributed by atoms with Gasteiger partial charge in [-0.15, -0.1) is 0 Å². The molecule has 0 unspecified atom stereocenters. The van der Waals surface area contributed by atoms with Gasteiger partial charge in [-0.3, -0.25) is 0 Å². The van der Waals surface area contributed by atoms with Crippen LogP contribution in [0.3, 0.4) is 0 Å². The minimum atomic E-state index is -2.28. The van der Waals surface area contributed by atoms with Gasteiger partial charge in [0, 0.05) is 0 Å². The van der Waals surface area contributed by atoms with Crippen molar-refractivity contribution < 1.29 is 0 Å². The fraction of sp³-hybridized carbons (Fsp3) is 0. The number of hydrogen-bond acceptors (Lipinski definition) is 0. The van der Waals surface area contributed by atoms with Crippen molar-refractivity contribution >= 4 is 98.7 Å². The van der Waals surface area contributed by atoms with Crippen molar-refractivity contribution in [2.24, 2.45) is 0 Å². The van der Waals surface area contributed by atoms with Gasteiger partial charge in [0.25, 0.3) is 0 Å². The zero-order valence-electron chi connectivity index (χ0n) is 23.9. The molecule has 1 fully saturated rings. The van der Waals surface area contributed by atoms with E-state index in [9.17, 15) is 0 Å². The molecule has 1 heterocycles. The standard InChI is InChI=1S/C38H30As2Cl2P2/c41-39-37(43(31-19-7-1-8-20-31,32-21-9-2-10-22-32)33-23-11-3-12-24-33)40(42)38(39)44(34-25-13-4-14-26-34,35-27-15-5-16-28-35)36-29-17-6-18-30-36/h1-30H. The Bertz CT molecular complexity index is 1620. The minimum absolute atomic E-state index is 1.34. The average molecular weight is 769 g/mol. The van der Waals surface area contributed by atoms with Gasteiger partial charge in [0.05, 0.1) is 0 Å². The maximum atomic E-state index is 8.12. The van der Waals surface area contributed by atoms with E-state index in [0.29, 0.717) is 0 Å². The number of hydrogen-bond donors (Lipinski definition) is 0. The number of benzene rings is 6. The summed E-state index contributed by atoms with van der Waals surface area (Å²) < 4.78 is 3.01. The summed E-state index contributed by atoms with van der Waals surface area (Å²) in [6.07, 6.45) is 0. The first kappa shape index (κ1) is 30.3. The zero-order chi connectivity index (χ0) is 30.0. The van der Waals surface area contributed by atoms with Gasteiger partial charge in [-0.1, -0.05) is 0 Å². The van der Waals surface area contributed by atoms with Crippen LogP contribution in [-0.4, -0.2) is 33.2 Å². The van der Waals surface area contributed by atoms with Gasteiger partial charge >= 0.3 is 281 Å². The van der Waals surface area contributed by atoms with Gasteiger partial charge in [0.15, 0.2) is 0 Å². The second-order valence-corrected chi connectivity index (χ2v) is 33.2. The molecule has 0 N–H and O–H groups in total. The summed E-state index contributed by atoms with van der Waals surface area (Å²) in [5.74, 6) is 0. The van der Waals surface area contributed by atoms with E-state index < -0.39 is 41.2 Å². The zero-order valence-corrected chi connectivity index (χ0v) is 30.9. The van der Waals surface area contributed by atoms with E-state index in [0.717, 1.165) is 0 Å². The molecule has 0 nitrogen and oxygen atoms in total. The fourth-order valence-corrected chi connectivity index (χ4v) is 60.1. The van der Waals surface area contributed by atoms with E-state index in [1.54, 1.807) is 0 Å². The topological polar surface area (TPSA) is 0 Å². The van der Waals surface area contributed by atoms with Gasteiger partial charge in [-0.25, -0.2) is 0 Å². The maximum absolute atomic E-state index is 8.12. The second kappa shape index (κ2) is 13.2. The van der Waals surface area contributed by atoms with Crippen LogP contribution >= 0.6 is 33.7 Å². The quantitative estimate of drug-likeness (QED) is 0.127. The van der Waals surface area contributed by atoms with Crippen LogP contribution in [0.25, 0.3) is 0 Å². The molecule has 0 bridgehead atoms. The average Bonchev–Trinajstić information content (AvgIpc) is 3.11. The van der Waals surface area contributed by atoms with Gasteiger partial charge in [0.1, 0.15) is 0 Å². The second-order valence-electron chi connectivity index (χ2n) is 10.5. The fourth-order valence-electron chi connectivity index (χ4n) is 6.31. The third-order valence-electron chi connectivity index (χ3n) is 8.16. The summed E-state index contributed by atoms with van der Waals surface area (Å²) in [6, 6.07) is 66.5. The van der Waals surface area contributed by atoms with Crippen LogP contribution in [-0.2, 0) is 0 Å². The van der Waals surface area contributed by atoms with Crippen molar-refractivity contribution in [1.82, 2.24) is 0 Å². The summed E-state index contributed by atoms with van der Waals surface area (Å²) in [7, 11) is 16.2. The Morgan fingerprint density at radius 1 is 0.273 bits per heavy atom. The molecule has 6 aromatic carbocycles. The van der Waals surface area contributed by atoms with Crippen molar-refractivity contribution in [3.8, 4) is 0 Å². The Hall–Kier alpha value is -2.38. The van der Waals surface area contributed by atoms with Gasteiger partial charge < -0.3 is 0 Å². The first-order valence-electron chi connectivity index (χ1n) is 14.5. The molecule has 0 spiro atoms. The molecule has 0 atom stereocenters. The SMILES string of the molecule is Cl[As]1C(=P(c2ccccc2)(c2ccccc2)c2ccccc2)[As](Cl)C1=P(c1ccccc1)(c1ccccc1)c1ccccc1. The Labute approximate surface area is 278 Å². The summed E-state index contributed by atoms with van der Waals surface area (Å²) in [5, 5.41) is 8.05. The van der Waals surface area contributed by atoms with Crippen molar-refractivity contribution in [3.63, 3.8) is 0 Å². The summed E-state index contributed by atoms with van der Waals surface area (Å²) in [5.41, 5.74) is 0. The van der Waals surface area contributed by atoms with Crippen LogP contribution in [0.2, 0.25) is 0 Å². The predicted octanol–water partition coefficient (Wildman–Crippen LogP) is 6.95. The number of rotatable bonds is 6. The van der Waals surface area contributed by atoms with Crippen LogP contribution in [0.1, 0.15) is 0 Å². The predicted molar refractivity (Wildman–Crippen MR) is 204 cm³/mol. The van der Waals surface area contributed by atoms with Crippen molar-refractivity contribution in [3.05, 3.63) is 182 Å². The molecule has 1 aliphatic heterocycles. The molecule has 1 aliphatic rings. The van der Waals surface area contributed by atoms with Crippen LogP contribution in [0.15, 0.2) is 182 Å². The summed E-state index contributed by atoms with van der Waals surface area (Å²) in [6.45, 7) is -4.54. The molecule has 0 saturated carbocycles. The molecule has 0 aromatic heterocycles. The molecule has 0 radical (unpaired) electrons. The Morgan fingerprint density at radius 3 is 0.591 bits per heavy atom. The third-order valence-corrected chi connectivity index (χ3v) is 50.5. The summed E-state index contributed by atoms with van der Waals surface area (Å²) >= 11 is -4.57. The molecular weight excluding hydrogens is 739 g/mol. The molecule has 216 valence electrons. The first-order chi connectivity index (χ1) is 21.7. The van der Waals surface area contributed by atoms with Crippen LogP contribution in [0.5, 0.6) is 0 Å². The third kappa shape index (κ3) is 4.92. The molecule has 0 amide bonds. The van der Waals surface area contributed by atoms with Crippen LogP contribution < -0.4 is 31.8 Å². The van der Waals surface area contributed by atoms with E-state index >= 15 is 0 Å². The number of halogens is 2. The van der Waals surface area contributed by atoms with Crippen LogP contribution in [0.4, 0.5) is 0 Å². The molecule has 1 saturated heterocycles. The Morgan fingerprint density at radius 2 is 0.432 bits per heavy atom. The molecule has 6 heteroatoms. The van der Waals surface area contributed by atoms with E-state index in [-0.39, 0.29) is 0 Å². The molecule has 0 aliphatic carbocycles. The molecular formula is C38H30As2Cl2P2. The van der Waals surface area contributed by atoms with E-state index in [2.05, 4.69) is 182 Å². The first-order valence-corrected chi connectivity index (χ1v) is 26.7. The molecule has 6 aromatic rings. The normalized spacial score (nSPS) is 16.8. The Balaban J connectivity index is 1.68. The van der Waals surface area contributed by atoms with Crippen molar-refractivity contribution in [2.45, 2.75) is 0 Å². The van der Waals surface area contributed by atoms with Crippen molar-refractivity contribution in [1.29, 1.82) is 0 Å². The summed E-state index contributed by atoms with van der Waals surface area (Å²) in [4.78, 5) is 0. The monoisotopic (exact) mass is 768 g/mol. The van der Waals surface area contributed by atoms with E-state index in [4.69, 9.17) is 19.9 Å².